The molecule has 0 fully saturated rings. The van der Waals surface area contributed by atoms with Crippen molar-refractivity contribution in [3.63, 3.8) is 0 Å². The van der Waals surface area contributed by atoms with Crippen LogP contribution in [0.2, 0.25) is 0 Å². The maximum absolute atomic E-state index is 6.18. The lowest BCUT2D eigenvalue weighted by atomic mass is 9.98. The van der Waals surface area contributed by atoms with Crippen LogP contribution in [-0.4, -0.2) is 9.38 Å². The van der Waals surface area contributed by atoms with Gasteiger partial charge in [0.05, 0.1) is 5.69 Å². The Morgan fingerprint density at radius 3 is 1.84 bits per heavy atom. The van der Waals surface area contributed by atoms with E-state index < -0.39 is 0 Å². The Morgan fingerprint density at radius 2 is 1.11 bits per heavy atom. The van der Waals surface area contributed by atoms with Crippen LogP contribution < -0.4 is 0 Å². The fourth-order valence-corrected chi connectivity index (χ4v) is 5.40. The van der Waals surface area contributed by atoms with Gasteiger partial charge in [-0.05, 0) is 69.4 Å². The van der Waals surface area contributed by atoms with E-state index >= 15 is 0 Å². The van der Waals surface area contributed by atoms with Gasteiger partial charge in [0, 0.05) is 28.7 Å². The Morgan fingerprint density at radius 1 is 0.500 bits per heavy atom. The lowest BCUT2D eigenvalue weighted by Crippen LogP contribution is -1.82. The number of pyridine rings is 1. The summed E-state index contributed by atoms with van der Waals surface area (Å²) in [7, 11) is 0. The summed E-state index contributed by atoms with van der Waals surface area (Å²) in [5, 5.41) is 4.73. The number of hydrogen-bond donors (Lipinski definition) is 0. The fourth-order valence-electron chi connectivity index (χ4n) is 5.40. The van der Waals surface area contributed by atoms with Crippen LogP contribution in [0.25, 0.3) is 71.9 Å². The quantitative estimate of drug-likeness (QED) is 0.249. The second kappa shape index (κ2) is 8.19. The summed E-state index contributed by atoms with van der Waals surface area (Å²) in [5.74, 6) is 0. The smallest absolute Gasteiger partial charge is 0.137 e. The number of hydrogen-bond acceptors (Lipinski definition) is 2. The van der Waals surface area contributed by atoms with Crippen molar-refractivity contribution in [3.8, 4) is 33.5 Å². The highest BCUT2D eigenvalue weighted by atomic mass is 16.3. The molecule has 3 aromatic heterocycles. The van der Waals surface area contributed by atoms with Crippen LogP contribution in [-0.2, 0) is 0 Å². The molecular formula is C35H22N2O. The Bertz CT molecular complexity index is 2080. The van der Waals surface area contributed by atoms with Crippen molar-refractivity contribution in [2.75, 3.05) is 0 Å². The number of aromatic nitrogens is 2. The first-order valence-corrected chi connectivity index (χ1v) is 12.8. The van der Waals surface area contributed by atoms with E-state index in [1.54, 1.807) is 0 Å². The van der Waals surface area contributed by atoms with Gasteiger partial charge in [-0.15, -0.1) is 0 Å². The predicted molar refractivity (Wildman–Crippen MR) is 156 cm³/mol. The van der Waals surface area contributed by atoms with E-state index in [0.717, 1.165) is 38.8 Å². The Balaban J connectivity index is 1.11. The zero-order valence-corrected chi connectivity index (χ0v) is 20.5. The normalized spacial score (nSPS) is 11.7. The molecule has 3 heterocycles. The first-order valence-electron chi connectivity index (χ1n) is 12.8. The van der Waals surface area contributed by atoms with Gasteiger partial charge in [-0.3, -0.25) is 0 Å². The highest BCUT2D eigenvalue weighted by molar-refractivity contribution is 6.11. The molecule has 0 N–H and O–H groups in total. The molecule has 0 aliphatic rings. The minimum absolute atomic E-state index is 0.918. The van der Waals surface area contributed by atoms with Gasteiger partial charge in [-0.2, -0.15) is 0 Å². The molecule has 0 radical (unpaired) electrons. The predicted octanol–water partition coefficient (Wildman–Crippen LogP) is 9.39. The maximum Gasteiger partial charge on any atom is 0.137 e. The summed E-state index contributed by atoms with van der Waals surface area (Å²) in [4.78, 5) is 4.74. The summed E-state index contributed by atoms with van der Waals surface area (Å²) in [6.45, 7) is 0. The summed E-state index contributed by atoms with van der Waals surface area (Å²) in [6, 6.07) is 42.7. The summed E-state index contributed by atoms with van der Waals surface area (Å²) in [6.07, 6.45) is 4.10. The minimum Gasteiger partial charge on any atom is -0.456 e. The highest BCUT2D eigenvalue weighted by Crippen LogP contribution is 2.35. The van der Waals surface area contributed by atoms with Crippen LogP contribution >= 0.6 is 0 Å². The van der Waals surface area contributed by atoms with Crippen molar-refractivity contribution in [1.29, 1.82) is 0 Å². The molecule has 0 aliphatic heterocycles. The average molecular weight is 487 g/mol. The molecule has 0 saturated heterocycles. The van der Waals surface area contributed by atoms with Crippen LogP contribution in [0.3, 0.4) is 0 Å². The van der Waals surface area contributed by atoms with Gasteiger partial charge in [0.2, 0.25) is 0 Å². The van der Waals surface area contributed by atoms with Crippen LogP contribution in [0.15, 0.2) is 138 Å². The number of nitrogens with zero attached hydrogens (tertiary/aromatic N) is 2. The van der Waals surface area contributed by atoms with Crippen LogP contribution in [0.1, 0.15) is 0 Å². The van der Waals surface area contributed by atoms with Gasteiger partial charge >= 0.3 is 0 Å². The third-order valence-corrected chi connectivity index (χ3v) is 7.43. The summed E-state index contributed by atoms with van der Waals surface area (Å²) >= 11 is 0. The number of fused-ring (bicyclic) bond motifs is 5. The first kappa shape index (κ1) is 21.0. The Hall–Kier alpha value is -5.15. The third-order valence-electron chi connectivity index (χ3n) is 7.43. The first-order chi connectivity index (χ1) is 18.8. The molecule has 8 rings (SSSR count). The molecule has 38 heavy (non-hydrogen) atoms. The third kappa shape index (κ3) is 3.40. The van der Waals surface area contributed by atoms with Gasteiger partial charge in [-0.1, -0.05) is 84.9 Å². The van der Waals surface area contributed by atoms with E-state index in [-0.39, 0.29) is 0 Å². The van der Waals surface area contributed by atoms with Gasteiger partial charge in [0.1, 0.15) is 16.8 Å². The van der Waals surface area contributed by atoms with Crippen molar-refractivity contribution in [3.05, 3.63) is 134 Å². The second-order valence-electron chi connectivity index (χ2n) is 9.76. The minimum atomic E-state index is 0.918. The number of rotatable bonds is 3. The topological polar surface area (TPSA) is 30.4 Å². The van der Waals surface area contributed by atoms with Gasteiger partial charge in [-0.25, -0.2) is 4.98 Å². The Labute approximate surface area is 219 Å². The van der Waals surface area contributed by atoms with E-state index in [0.29, 0.717) is 0 Å². The van der Waals surface area contributed by atoms with E-state index in [2.05, 4.69) is 109 Å². The average Bonchev–Trinajstić information content (AvgIpc) is 3.57. The van der Waals surface area contributed by atoms with Crippen LogP contribution in [0.5, 0.6) is 0 Å². The largest absolute Gasteiger partial charge is 0.456 e. The summed E-state index contributed by atoms with van der Waals surface area (Å²) in [5.41, 5.74) is 9.64. The Kier molecular flexibility index (Phi) is 4.52. The molecule has 0 saturated carbocycles. The summed E-state index contributed by atoms with van der Waals surface area (Å²) < 4.78 is 8.23. The maximum atomic E-state index is 6.18. The molecule has 0 unspecified atom stereocenters. The molecule has 5 aromatic carbocycles. The van der Waals surface area contributed by atoms with Crippen molar-refractivity contribution in [1.82, 2.24) is 9.38 Å². The number of imidazole rings is 1. The molecule has 0 amide bonds. The number of benzene rings is 5. The van der Waals surface area contributed by atoms with Crippen molar-refractivity contribution >= 4 is 38.4 Å². The van der Waals surface area contributed by atoms with Gasteiger partial charge < -0.3 is 8.82 Å². The van der Waals surface area contributed by atoms with E-state index in [1.807, 2.05) is 28.8 Å². The molecule has 0 bridgehead atoms. The molecule has 0 spiro atoms. The molecular weight excluding hydrogens is 464 g/mol. The van der Waals surface area contributed by atoms with Crippen LogP contribution in [0.4, 0.5) is 0 Å². The van der Waals surface area contributed by atoms with Crippen molar-refractivity contribution in [2.24, 2.45) is 0 Å². The van der Waals surface area contributed by atoms with E-state index in [1.165, 1.54) is 33.0 Å². The monoisotopic (exact) mass is 486 g/mol. The molecule has 3 heteroatoms. The van der Waals surface area contributed by atoms with E-state index in [4.69, 9.17) is 9.40 Å². The van der Waals surface area contributed by atoms with Gasteiger partial charge in [0.15, 0.2) is 0 Å². The molecule has 0 atom stereocenters. The van der Waals surface area contributed by atoms with E-state index in [9.17, 15) is 0 Å². The molecule has 8 aromatic rings. The standard InChI is InChI=1S/C35H22N2O/c1-2-6-28-21-34-31(19-27(28)5-1)30-20-29(16-17-33(30)38-34)25-10-8-23(9-11-25)24-12-14-26(15-13-24)32-22-37-18-4-3-7-35(37)36-32/h1-22H. The van der Waals surface area contributed by atoms with Crippen molar-refractivity contribution in [2.45, 2.75) is 0 Å². The molecule has 0 aliphatic carbocycles. The lowest BCUT2D eigenvalue weighted by molar-refractivity contribution is 0.669. The van der Waals surface area contributed by atoms with Crippen molar-refractivity contribution < 1.29 is 4.42 Å². The van der Waals surface area contributed by atoms with Crippen LogP contribution in [0, 0.1) is 0 Å². The molecule has 178 valence electrons. The second-order valence-corrected chi connectivity index (χ2v) is 9.76. The fraction of sp³-hybridized carbons (Fsp3) is 0. The number of furan rings is 1. The SMILES string of the molecule is c1ccc2cc3c(cc2c1)oc1ccc(-c2ccc(-c4ccc(-c5cn6ccccc6n5)cc4)cc2)cc13. The highest BCUT2D eigenvalue weighted by Gasteiger charge is 2.11. The molecule has 3 nitrogen and oxygen atoms in total. The zero-order valence-electron chi connectivity index (χ0n) is 20.5. The zero-order chi connectivity index (χ0) is 25.1. The lowest BCUT2D eigenvalue weighted by Gasteiger charge is -2.06. The van der Waals surface area contributed by atoms with Gasteiger partial charge in [0.25, 0.3) is 0 Å².